The Morgan fingerprint density at radius 2 is 2.00 bits per heavy atom. The minimum atomic E-state index is 0.227. The van der Waals surface area contributed by atoms with Crippen molar-refractivity contribution in [3.8, 4) is 5.75 Å². The average Bonchev–Trinajstić information content (AvgIpc) is 2.95. The zero-order valence-electron chi connectivity index (χ0n) is 12.1. The summed E-state index contributed by atoms with van der Waals surface area (Å²) < 4.78 is 5.48. The molecule has 3 nitrogen and oxygen atoms in total. The molecule has 2 N–H and O–H groups in total. The van der Waals surface area contributed by atoms with Crippen molar-refractivity contribution < 1.29 is 4.74 Å². The van der Waals surface area contributed by atoms with Crippen molar-refractivity contribution in [3.05, 3.63) is 52.2 Å². The topological polar surface area (TPSA) is 38.5 Å². The minimum Gasteiger partial charge on any atom is -0.494 e. The highest BCUT2D eigenvalue weighted by molar-refractivity contribution is 7.07. The summed E-state index contributed by atoms with van der Waals surface area (Å²) in [6, 6.07) is 10.6. The second kappa shape index (κ2) is 7.43. The number of benzene rings is 1. The van der Waals surface area contributed by atoms with Crippen LogP contribution in [0.4, 0.5) is 0 Å². The molecule has 1 atom stereocenters. The summed E-state index contributed by atoms with van der Waals surface area (Å²) >= 11 is 1.73. The van der Waals surface area contributed by atoms with Crippen LogP contribution in [0, 0.1) is 0 Å². The molecule has 0 aliphatic rings. The lowest BCUT2D eigenvalue weighted by molar-refractivity contribution is 0.242. The van der Waals surface area contributed by atoms with Crippen molar-refractivity contribution in [1.82, 2.24) is 4.90 Å². The van der Waals surface area contributed by atoms with Gasteiger partial charge in [0.1, 0.15) is 5.75 Å². The van der Waals surface area contributed by atoms with Crippen LogP contribution in [0.15, 0.2) is 41.1 Å². The molecule has 0 aliphatic heterocycles. The summed E-state index contributed by atoms with van der Waals surface area (Å²) in [7, 11) is 2.12. The number of ether oxygens (including phenoxy) is 1. The molecule has 1 aromatic heterocycles. The van der Waals surface area contributed by atoms with Crippen molar-refractivity contribution in [3.63, 3.8) is 0 Å². The molecule has 1 aromatic carbocycles. The molecule has 2 rings (SSSR count). The predicted molar refractivity (Wildman–Crippen MR) is 85.2 cm³/mol. The third kappa shape index (κ3) is 3.82. The lowest BCUT2D eigenvalue weighted by Crippen LogP contribution is -2.30. The van der Waals surface area contributed by atoms with Gasteiger partial charge in [0.15, 0.2) is 0 Å². The lowest BCUT2D eigenvalue weighted by Gasteiger charge is -2.27. The molecular formula is C16H22N2OS. The maximum atomic E-state index is 5.96. The Balaban J connectivity index is 2.06. The van der Waals surface area contributed by atoms with Gasteiger partial charge in [-0.2, -0.15) is 11.3 Å². The SMILES string of the molecule is CCOc1ccc(C(CN)N(C)Cc2ccsc2)cc1. The Kier molecular flexibility index (Phi) is 5.59. The normalized spacial score (nSPS) is 12.6. The number of hydrogen-bond acceptors (Lipinski definition) is 4. The van der Waals surface area contributed by atoms with Crippen LogP contribution in [-0.4, -0.2) is 25.1 Å². The average molecular weight is 290 g/mol. The van der Waals surface area contributed by atoms with E-state index >= 15 is 0 Å². The largest absolute Gasteiger partial charge is 0.494 e. The predicted octanol–water partition coefficient (Wildman–Crippen LogP) is 3.28. The number of nitrogens with two attached hydrogens (primary N) is 1. The van der Waals surface area contributed by atoms with E-state index in [1.54, 1.807) is 11.3 Å². The molecule has 0 saturated carbocycles. The van der Waals surface area contributed by atoms with Gasteiger partial charge in [0.25, 0.3) is 0 Å². The number of rotatable bonds is 7. The molecule has 0 radical (unpaired) electrons. The van der Waals surface area contributed by atoms with Crippen LogP contribution >= 0.6 is 11.3 Å². The molecule has 1 heterocycles. The fourth-order valence-corrected chi connectivity index (χ4v) is 2.96. The molecule has 0 amide bonds. The first-order valence-electron chi connectivity index (χ1n) is 6.88. The third-order valence-corrected chi connectivity index (χ3v) is 4.08. The lowest BCUT2D eigenvalue weighted by atomic mass is 10.1. The number of likely N-dealkylation sites (N-methyl/N-ethyl adjacent to an activating group) is 1. The zero-order valence-corrected chi connectivity index (χ0v) is 12.9. The quantitative estimate of drug-likeness (QED) is 0.850. The molecule has 0 saturated heterocycles. The van der Waals surface area contributed by atoms with Crippen LogP contribution in [0.5, 0.6) is 5.75 Å². The Morgan fingerprint density at radius 1 is 1.25 bits per heavy atom. The Hall–Kier alpha value is -1.36. The van der Waals surface area contributed by atoms with Crippen molar-refractivity contribution in [2.75, 3.05) is 20.2 Å². The monoisotopic (exact) mass is 290 g/mol. The van der Waals surface area contributed by atoms with E-state index in [0.717, 1.165) is 12.3 Å². The molecule has 0 bridgehead atoms. The molecular weight excluding hydrogens is 268 g/mol. The van der Waals surface area contributed by atoms with E-state index in [2.05, 4.69) is 40.9 Å². The Labute approximate surface area is 125 Å². The van der Waals surface area contributed by atoms with Crippen LogP contribution in [0.2, 0.25) is 0 Å². The molecule has 0 aliphatic carbocycles. The van der Waals surface area contributed by atoms with Crippen LogP contribution in [0.25, 0.3) is 0 Å². The summed E-state index contributed by atoms with van der Waals surface area (Å²) in [5.74, 6) is 0.910. The van der Waals surface area contributed by atoms with Gasteiger partial charge in [0.05, 0.1) is 6.61 Å². The second-order valence-corrected chi connectivity index (χ2v) is 5.58. The number of nitrogens with zero attached hydrogens (tertiary/aromatic N) is 1. The van der Waals surface area contributed by atoms with Gasteiger partial charge < -0.3 is 10.5 Å². The summed E-state index contributed by atoms with van der Waals surface area (Å²) in [5.41, 5.74) is 8.53. The van der Waals surface area contributed by atoms with Gasteiger partial charge in [0.2, 0.25) is 0 Å². The van der Waals surface area contributed by atoms with Gasteiger partial charge >= 0.3 is 0 Å². The second-order valence-electron chi connectivity index (χ2n) is 4.80. The molecule has 0 fully saturated rings. The Bertz CT molecular complexity index is 496. The third-order valence-electron chi connectivity index (χ3n) is 3.34. The van der Waals surface area contributed by atoms with Gasteiger partial charge in [-0.05, 0) is 54.1 Å². The standard InChI is InChI=1S/C16H22N2OS/c1-3-19-15-6-4-14(5-7-15)16(10-17)18(2)11-13-8-9-20-12-13/h4-9,12,16H,3,10-11,17H2,1-2H3. The summed E-state index contributed by atoms with van der Waals surface area (Å²) in [6.07, 6.45) is 0. The van der Waals surface area contributed by atoms with E-state index in [4.69, 9.17) is 10.5 Å². The molecule has 0 spiro atoms. The highest BCUT2D eigenvalue weighted by Gasteiger charge is 2.15. The van der Waals surface area contributed by atoms with Crippen molar-refractivity contribution >= 4 is 11.3 Å². The summed E-state index contributed by atoms with van der Waals surface area (Å²) in [6.45, 7) is 4.20. The van der Waals surface area contributed by atoms with Crippen LogP contribution in [-0.2, 0) is 6.54 Å². The fraction of sp³-hybridized carbons (Fsp3) is 0.375. The van der Waals surface area contributed by atoms with Gasteiger partial charge in [-0.25, -0.2) is 0 Å². The molecule has 1 unspecified atom stereocenters. The zero-order chi connectivity index (χ0) is 14.4. The maximum Gasteiger partial charge on any atom is 0.119 e. The van der Waals surface area contributed by atoms with Crippen LogP contribution in [0.1, 0.15) is 24.1 Å². The first-order valence-corrected chi connectivity index (χ1v) is 7.83. The van der Waals surface area contributed by atoms with Gasteiger partial charge in [-0.1, -0.05) is 12.1 Å². The van der Waals surface area contributed by atoms with Crippen molar-refractivity contribution in [2.45, 2.75) is 19.5 Å². The smallest absolute Gasteiger partial charge is 0.119 e. The van der Waals surface area contributed by atoms with Gasteiger partial charge in [0, 0.05) is 19.1 Å². The van der Waals surface area contributed by atoms with Crippen molar-refractivity contribution in [2.24, 2.45) is 5.73 Å². The van der Waals surface area contributed by atoms with Gasteiger partial charge in [-0.15, -0.1) is 0 Å². The van der Waals surface area contributed by atoms with Crippen molar-refractivity contribution in [1.29, 1.82) is 0 Å². The van der Waals surface area contributed by atoms with Crippen LogP contribution < -0.4 is 10.5 Å². The minimum absolute atomic E-state index is 0.227. The van der Waals surface area contributed by atoms with E-state index < -0.39 is 0 Å². The number of thiophene rings is 1. The molecule has 108 valence electrons. The molecule has 2 aromatic rings. The molecule has 20 heavy (non-hydrogen) atoms. The first kappa shape index (κ1) is 15.0. The number of hydrogen-bond donors (Lipinski definition) is 1. The van der Waals surface area contributed by atoms with E-state index in [9.17, 15) is 0 Å². The highest BCUT2D eigenvalue weighted by Crippen LogP contribution is 2.23. The fourth-order valence-electron chi connectivity index (χ4n) is 2.30. The highest BCUT2D eigenvalue weighted by atomic mass is 32.1. The summed E-state index contributed by atoms with van der Waals surface area (Å²) in [5, 5.41) is 4.29. The molecule has 4 heteroatoms. The van der Waals surface area contributed by atoms with Gasteiger partial charge in [-0.3, -0.25) is 4.90 Å². The van der Waals surface area contributed by atoms with Crippen LogP contribution in [0.3, 0.4) is 0 Å². The summed E-state index contributed by atoms with van der Waals surface area (Å²) in [4.78, 5) is 2.29. The van der Waals surface area contributed by atoms with E-state index in [1.165, 1.54) is 11.1 Å². The van der Waals surface area contributed by atoms with E-state index in [0.29, 0.717) is 13.2 Å². The maximum absolute atomic E-state index is 5.96. The van der Waals surface area contributed by atoms with E-state index in [-0.39, 0.29) is 6.04 Å². The first-order chi connectivity index (χ1) is 9.74. The Morgan fingerprint density at radius 3 is 2.55 bits per heavy atom. The van der Waals surface area contributed by atoms with E-state index in [1.807, 2.05) is 19.1 Å².